The van der Waals surface area contributed by atoms with Gasteiger partial charge in [0.2, 0.25) is 0 Å². The van der Waals surface area contributed by atoms with Gasteiger partial charge in [-0.3, -0.25) is 4.79 Å². The second-order valence-corrected chi connectivity index (χ2v) is 7.63. The minimum absolute atomic E-state index is 0.282. The first-order valence-corrected chi connectivity index (χ1v) is 9.82. The number of carboxylic acids is 1. The second kappa shape index (κ2) is 9.08. The van der Waals surface area contributed by atoms with E-state index < -0.39 is 11.9 Å². The fraction of sp³-hybridized carbons (Fsp3) is 0.600. The largest absolute Gasteiger partial charge is 0.481 e. The van der Waals surface area contributed by atoms with E-state index in [1.54, 1.807) is 0 Å². The van der Waals surface area contributed by atoms with Crippen molar-refractivity contribution >= 4 is 5.97 Å². The van der Waals surface area contributed by atoms with Gasteiger partial charge < -0.3 is 10.0 Å². The highest BCUT2D eigenvalue weighted by atomic mass is 16.4. The molecule has 1 saturated heterocycles. The summed E-state index contributed by atoms with van der Waals surface area (Å²) in [6, 6.07) is 8.67. The molecule has 1 aliphatic heterocycles. The first-order chi connectivity index (χ1) is 13.1. The number of aromatic amines is 1. The number of H-pyrrole nitrogens is 1. The molecule has 7 nitrogen and oxygen atoms in total. The highest BCUT2D eigenvalue weighted by Gasteiger charge is 2.32. The van der Waals surface area contributed by atoms with Gasteiger partial charge in [-0.25, -0.2) is 0 Å². The zero-order chi connectivity index (χ0) is 19.2. The van der Waals surface area contributed by atoms with Crippen molar-refractivity contribution in [3.8, 4) is 0 Å². The summed E-state index contributed by atoms with van der Waals surface area (Å²) in [4.78, 5) is 14.2. The predicted molar refractivity (Wildman–Crippen MR) is 103 cm³/mol. The number of piperidine rings is 1. The van der Waals surface area contributed by atoms with Gasteiger partial charge in [-0.1, -0.05) is 42.8 Å². The molecule has 2 atom stereocenters. The van der Waals surface area contributed by atoms with Crippen LogP contribution in [0.25, 0.3) is 0 Å². The lowest BCUT2D eigenvalue weighted by molar-refractivity contribution is -0.142. The van der Waals surface area contributed by atoms with Crippen molar-refractivity contribution in [1.82, 2.24) is 25.5 Å². The predicted octanol–water partition coefficient (Wildman–Crippen LogP) is 2.84. The second-order valence-electron chi connectivity index (χ2n) is 7.63. The molecule has 2 aromatic rings. The number of carbonyl (C=O) groups is 1. The third-order valence-electron chi connectivity index (χ3n) is 5.72. The molecule has 0 saturated carbocycles. The van der Waals surface area contributed by atoms with Crippen molar-refractivity contribution in [2.75, 3.05) is 20.1 Å². The maximum atomic E-state index is 11.8. The molecule has 1 aliphatic rings. The molecule has 2 heterocycles. The average molecular weight is 371 g/mol. The van der Waals surface area contributed by atoms with Crippen LogP contribution in [0.4, 0.5) is 0 Å². The third-order valence-corrected chi connectivity index (χ3v) is 5.72. The number of nitrogens with one attached hydrogen (secondary N) is 1. The van der Waals surface area contributed by atoms with Crippen LogP contribution in [0.2, 0.25) is 0 Å². The van der Waals surface area contributed by atoms with Gasteiger partial charge in [-0.2, -0.15) is 5.21 Å². The summed E-state index contributed by atoms with van der Waals surface area (Å²) in [7, 11) is 2.17. The normalized spacial score (nSPS) is 18.3. The SMILES string of the molecule is CCCC(C(=O)O)C(Cc1ccc(C2CCN(C)CC2)cc1)c1nn[nH]n1. The Hall–Kier alpha value is -2.28. The van der Waals surface area contributed by atoms with Gasteiger partial charge in [0.15, 0.2) is 5.82 Å². The number of likely N-dealkylation sites (tertiary alicyclic amines) is 1. The lowest BCUT2D eigenvalue weighted by Gasteiger charge is -2.29. The Kier molecular flexibility index (Phi) is 6.55. The van der Waals surface area contributed by atoms with E-state index in [4.69, 9.17) is 0 Å². The number of benzene rings is 1. The Balaban J connectivity index is 1.74. The average Bonchev–Trinajstić information content (AvgIpc) is 3.20. The van der Waals surface area contributed by atoms with Crippen LogP contribution in [0.5, 0.6) is 0 Å². The summed E-state index contributed by atoms with van der Waals surface area (Å²) in [6.07, 6.45) is 4.39. The molecule has 146 valence electrons. The van der Waals surface area contributed by atoms with E-state index in [1.165, 1.54) is 18.4 Å². The molecule has 1 aromatic carbocycles. The van der Waals surface area contributed by atoms with Gasteiger partial charge in [0.05, 0.1) is 5.92 Å². The van der Waals surface area contributed by atoms with Crippen LogP contribution in [0.3, 0.4) is 0 Å². The van der Waals surface area contributed by atoms with Gasteiger partial charge in [-0.15, -0.1) is 10.2 Å². The minimum atomic E-state index is -0.797. The van der Waals surface area contributed by atoms with Gasteiger partial charge in [0.1, 0.15) is 0 Å². The van der Waals surface area contributed by atoms with E-state index in [-0.39, 0.29) is 5.92 Å². The number of aliphatic carboxylic acids is 1. The molecule has 2 unspecified atom stereocenters. The van der Waals surface area contributed by atoms with Gasteiger partial charge in [0.25, 0.3) is 0 Å². The van der Waals surface area contributed by atoms with Gasteiger partial charge in [-0.05, 0) is 62.9 Å². The van der Waals surface area contributed by atoms with E-state index in [2.05, 4.69) is 56.8 Å². The highest BCUT2D eigenvalue weighted by molar-refractivity contribution is 5.71. The monoisotopic (exact) mass is 371 g/mol. The zero-order valence-electron chi connectivity index (χ0n) is 16.1. The molecule has 1 aromatic heterocycles. The van der Waals surface area contributed by atoms with Gasteiger partial charge >= 0.3 is 5.97 Å². The lowest BCUT2D eigenvalue weighted by Crippen LogP contribution is -2.29. The standard InChI is InChI=1S/C20H29N5O2/c1-3-4-17(20(26)27)18(19-21-23-24-22-19)13-14-5-7-15(8-6-14)16-9-11-25(2)12-10-16/h5-8,16-18H,3-4,9-13H2,1-2H3,(H,26,27)(H,21,22,23,24). The molecule has 0 radical (unpaired) electrons. The fourth-order valence-electron chi connectivity index (χ4n) is 4.07. The summed E-state index contributed by atoms with van der Waals surface area (Å²) in [5.74, 6) is -0.489. The third kappa shape index (κ3) is 4.91. The van der Waals surface area contributed by atoms with E-state index in [0.717, 1.165) is 25.1 Å². The molecule has 2 N–H and O–H groups in total. The molecule has 27 heavy (non-hydrogen) atoms. The van der Waals surface area contributed by atoms with E-state index in [0.29, 0.717) is 24.6 Å². The summed E-state index contributed by atoms with van der Waals surface area (Å²) in [5.41, 5.74) is 2.50. The topological polar surface area (TPSA) is 95.0 Å². The number of hydrogen-bond donors (Lipinski definition) is 2. The number of nitrogens with zero attached hydrogens (tertiary/aromatic N) is 4. The first-order valence-electron chi connectivity index (χ1n) is 9.82. The minimum Gasteiger partial charge on any atom is -0.481 e. The van der Waals surface area contributed by atoms with Crippen molar-refractivity contribution in [3.63, 3.8) is 0 Å². The lowest BCUT2D eigenvalue weighted by atomic mass is 9.82. The number of tetrazole rings is 1. The maximum Gasteiger partial charge on any atom is 0.307 e. The summed E-state index contributed by atoms with van der Waals surface area (Å²) >= 11 is 0. The molecule has 0 aliphatic carbocycles. The molecule has 0 bridgehead atoms. The molecule has 1 fully saturated rings. The Morgan fingerprint density at radius 3 is 2.56 bits per heavy atom. The number of rotatable bonds is 8. The van der Waals surface area contributed by atoms with E-state index in [1.807, 2.05) is 6.92 Å². The summed E-state index contributed by atoms with van der Waals surface area (Å²) in [5, 5.41) is 24.0. The van der Waals surface area contributed by atoms with Crippen LogP contribution in [-0.2, 0) is 11.2 Å². The molecule has 7 heteroatoms. The quantitative estimate of drug-likeness (QED) is 0.741. The van der Waals surface area contributed by atoms with Crippen molar-refractivity contribution < 1.29 is 9.90 Å². The number of aromatic nitrogens is 4. The van der Waals surface area contributed by atoms with Crippen molar-refractivity contribution in [2.45, 2.75) is 50.9 Å². The van der Waals surface area contributed by atoms with Crippen LogP contribution in [-0.4, -0.2) is 56.7 Å². The van der Waals surface area contributed by atoms with Crippen molar-refractivity contribution in [3.05, 3.63) is 41.2 Å². The molecule has 0 spiro atoms. The van der Waals surface area contributed by atoms with Crippen molar-refractivity contribution in [2.24, 2.45) is 5.92 Å². The van der Waals surface area contributed by atoms with Crippen LogP contribution >= 0.6 is 0 Å². The van der Waals surface area contributed by atoms with Crippen LogP contribution in [0.1, 0.15) is 61.4 Å². The van der Waals surface area contributed by atoms with E-state index in [9.17, 15) is 9.90 Å². The number of carboxylic acid groups (broad SMARTS) is 1. The summed E-state index contributed by atoms with van der Waals surface area (Å²) < 4.78 is 0. The zero-order valence-corrected chi connectivity index (χ0v) is 16.1. The number of hydrogen-bond acceptors (Lipinski definition) is 5. The Labute approximate surface area is 160 Å². The highest BCUT2D eigenvalue weighted by Crippen LogP contribution is 2.31. The fourth-order valence-corrected chi connectivity index (χ4v) is 4.07. The van der Waals surface area contributed by atoms with Crippen LogP contribution < -0.4 is 0 Å². The smallest absolute Gasteiger partial charge is 0.307 e. The molecular weight excluding hydrogens is 342 g/mol. The van der Waals surface area contributed by atoms with Crippen LogP contribution in [0, 0.1) is 5.92 Å². The van der Waals surface area contributed by atoms with Crippen LogP contribution in [0.15, 0.2) is 24.3 Å². The summed E-state index contributed by atoms with van der Waals surface area (Å²) in [6.45, 7) is 4.28. The Morgan fingerprint density at radius 2 is 2.00 bits per heavy atom. The molecule has 0 amide bonds. The molecular formula is C20H29N5O2. The Morgan fingerprint density at radius 1 is 1.30 bits per heavy atom. The maximum absolute atomic E-state index is 11.8. The first kappa shape index (κ1) is 19.5. The molecule has 3 rings (SSSR count). The van der Waals surface area contributed by atoms with E-state index >= 15 is 0 Å². The van der Waals surface area contributed by atoms with Crippen molar-refractivity contribution in [1.29, 1.82) is 0 Å². The Bertz CT molecular complexity index is 708. The van der Waals surface area contributed by atoms with Gasteiger partial charge in [0, 0.05) is 5.92 Å².